The molecule has 0 spiro atoms. The van der Waals surface area contributed by atoms with E-state index >= 15 is 0 Å². The van der Waals surface area contributed by atoms with Crippen LogP contribution in [0.3, 0.4) is 0 Å². The van der Waals surface area contributed by atoms with Gasteiger partial charge in [0, 0.05) is 80.1 Å². The van der Waals surface area contributed by atoms with Gasteiger partial charge in [0.1, 0.15) is 47.7 Å². The van der Waals surface area contributed by atoms with Crippen LogP contribution in [0.15, 0.2) is 61.1 Å². The molecule has 3 aliphatic heterocycles. The fourth-order valence-corrected chi connectivity index (χ4v) is 10.4. The number of aromatic nitrogens is 4. The summed E-state index contributed by atoms with van der Waals surface area (Å²) in [7, 11) is 3.67. The van der Waals surface area contributed by atoms with Gasteiger partial charge in [0.25, 0.3) is 0 Å². The van der Waals surface area contributed by atoms with Crippen LogP contribution in [0.2, 0.25) is 10.0 Å². The molecule has 2 atom stereocenters. The predicted octanol–water partition coefficient (Wildman–Crippen LogP) is 9.30. The summed E-state index contributed by atoms with van der Waals surface area (Å²) in [6.45, 7) is 7.63. The highest BCUT2D eigenvalue weighted by atomic mass is 35.5. The van der Waals surface area contributed by atoms with Crippen LogP contribution >= 0.6 is 34.5 Å². The number of thiophene rings is 1. The van der Waals surface area contributed by atoms with E-state index in [1.165, 1.54) is 17.7 Å². The van der Waals surface area contributed by atoms with Crippen molar-refractivity contribution in [3.05, 3.63) is 98.4 Å². The molecule has 4 bridgehead atoms. The van der Waals surface area contributed by atoms with Crippen molar-refractivity contribution in [2.24, 2.45) is 0 Å². The maximum atomic E-state index is 14.6. The average molecular weight is 948 g/mol. The van der Waals surface area contributed by atoms with Gasteiger partial charge < -0.3 is 33.7 Å². The Morgan fingerprint density at radius 1 is 0.969 bits per heavy atom. The number of aliphatic carboxylic acids is 1. The Labute approximate surface area is 388 Å². The maximum Gasteiger partial charge on any atom is 0.345 e. The molecule has 0 unspecified atom stereocenters. The molecule has 6 aromatic rings. The van der Waals surface area contributed by atoms with Gasteiger partial charge >= 0.3 is 5.97 Å². The number of alkyl halides is 2. The smallest absolute Gasteiger partial charge is 0.345 e. The lowest BCUT2D eigenvalue weighted by Crippen LogP contribution is -2.49. The highest BCUT2D eigenvalue weighted by Gasteiger charge is 2.48. The van der Waals surface area contributed by atoms with Gasteiger partial charge in [-0.1, -0.05) is 35.3 Å². The lowest BCUT2D eigenvalue weighted by atomic mass is 9.77. The molecule has 1 saturated carbocycles. The number of hydrogen-bond acceptors (Lipinski definition) is 13. The molecular weight excluding hydrogens is 902 g/mol. The normalized spacial score (nSPS) is 19.1. The van der Waals surface area contributed by atoms with Crippen LogP contribution in [-0.4, -0.2) is 112 Å². The Morgan fingerprint density at radius 2 is 1.72 bits per heavy atom. The highest BCUT2D eigenvalue weighted by Crippen LogP contribution is 2.57. The van der Waals surface area contributed by atoms with Gasteiger partial charge in [0.05, 0.1) is 33.8 Å². The number of methoxy groups -OCH3 is 1. The minimum atomic E-state index is -2.83. The number of carboxylic acid groups (broad SMARTS) is 1. The molecular formula is C47H46Cl2F2N6O7S. The maximum absolute atomic E-state index is 14.6. The molecule has 340 valence electrons. The first-order valence-corrected chi connectivity index (χ1v) is 22.8. The van der Waals surface area contributed by atoms with Gasteiger partial charge in [0.2, 0.25) is 17.9 Å². The third-order valence-electron chi connectivity index (χ3n) is 12.2. The minimum absolute atomic E-state index is 0.0165. The summed E-state index contributed by atoms with van der Waals surface area (Å²) < 4.78 is 60.8. The molecule has 0 amide bonds. The van der Waals surface area contributed by atoms with E-state index < -0.39 is 30.0 Å². The first kappa shape index (κ1) is 44.8. The molecule has 1 saturated heterocycles. The van der Waals surface area contributed by atoms with E-state index in [0.29, 0.717) is 83.8 Å². The Kier molecular flexibility index (Phi) is 12.7. The van der Waals surface area contributed by atoms with E-state index in [4.69, 9.17) is 51.9 Å². The molecule has 3 aromatic carbocycles. The van der Waals surface area contributed by atoms with Crippen LogP contribution in [0.25, 0.3) is 32.7 Å². The predicted molar refractivity (Wildman–Crippen MR) is 244 cm³/mol. The van der Waals surface area contributed by atoms with E-state index in [9.17, 15) is 18.7 Å². The van der Waals surface area contributed by atoms with Crippen LogP contribution in [0.5, 0.6) is 28.9 Å². The monoisotopic (exact) mass is 946 g/mol. The largest absolute Gasteiger partial charge is 0.496 e. The van der Waals surface area contributed by atoms with Gasteiger partial charge in [-0.3, -0.25) is 4.90 Å². The van der Waals surface area contributed by atoms with Crippen molar-refractivity contribution in [2.45, 2.75) is 63.8 Å². The van der Waals surface area contributed by atoms with Crippen LogP contribution < -0.4 is 23.7 Å². The molecule has 6 heterocycles. The number of hydrogen-bond donors (Lipinski definition) is 1. The number of halogens is 4. The second-order valence-electron chi connectivity index (χ2n) is 16.7. The lowest BCUT2D eigenvalue weighted by molar-refractivity contribution is -0.145. The van der Waals surface area contributed by atoms with Gasteiger partial charge in [-0.15, -0.1) is 11.3 Å². The van der Waals surface area contributed by atoms with Gasteiger partial charge in [0.15, 0.2) is 11.6 Å². The molecule has 1 N–H and O–H groups in total. The number of para-hydroxylation sites is 1. The molecule has 1 aliphatic carbocycles. The fraction of sp³-hybridized carbons (Fsp3) is 0.383. The molecule has 13 nitrogen and oxygen atoms in total. The zero-order chi connectivity index (χ0) is 45.6. The summed E-state index contributed by atoms with van der Waals surface area (Å²) in [5.41, 5.74) is 4.05. The second-order valence-corrected chi connectivity index (χ2v) is 18.5. The van der Waals surface area contributed by atoms with Gasteiger partial charge in [-0.05, 0) is 74.0 Å². The number of likely N-dealkylation sites (N-methyl/N-ethyl adjacent to an activating group) is 1. The summed E-state index contributed by atoms with van der Waals surface area (Å²) in [6, 6.07) is 14.4. The number of fused-ring (bicyclic) bond motifs is 7. The summed E-state index contributed by atoms with van der Waals surface area (Å²) >= 11 is 15.8. The standard InChI is InChI=1S/C47H46Cl2F2N6O7S/c1-25-36-26(2)40(49)41(39(25)48)63-31(21-57-15-13-56(3)14-16-57)23-61-30-9-10-33(62-22-29-11-12-52-43(55-29)32-7-5-6-8-34(32)60-4)27(17-30)18-35(46(58)59)64-44-38-37(36)42(28-19-47(50,51)20-28)65-45(38)54-24-53-44/h5-12,17,24,28,31,35H,13-16,18-23H2,1-4H3,(H,58,59)/t31-,35-/m1/s1. The molecule has 18 heteroatoms. The highest BCUT2D eigenvalue weighted by molar-refractivity contribution is 7.19. The molecule has 3 aromatic heterocycles. The van der Waals surface area contributed by atoms with Gasteiger partial charge in [-0.2, -0.15) is 0 Å². The molecule has 2 fully saturated rings. The topological polar surface area (TPSA) is 141 Å². The number of carboxylic acids is 1. The number of rotatable bonds is 9. The van der Waals surface area contributed by atoms with Crippen LogP contribution in [0, 0.1) is 13.8 Å². The quantitative estimate of drug-likeness (QED) is 0.147. The first-order chi connectivity index (χ1) is 31.3. The van der Waals surface area contributed by atoms with Crippen molar-refractivity contribution in [1.82, 2.24) is 29.7 Å². The number of nitrogens with zero attached hydrogens (tertiary/aromatic N) is 6. The van der Waals surface area contributed by atoms with E-state index in [1.54, 1.807) is 37.6 Å². The molecule has 0 radical (unpaired) electrons. The van der Waals surface area contributed by atoms with Crippen molar-refractivity contribution in [3.8, 4) is 51.4 Å². The van der Waals surface area contributed by atoms with Crippen LogP contribution in [-0.2, 0) is 17.8 Å². The van der Waals surface area contributed by atoms with E-state index in [2.05, 4.69) is 31.8 Å². The molecule has 65 heavy (non-hydrogen) atoms. The van der Waals surface area contributed by atoms with Gasteiger partial charge in [-0.25, -0.2) is 33.5 Å². The zero-order valence-electron chi connectivity index (χ0n) is 36.1. The Morgan fingerprint density at radius 3 is 2.45 bits per heavy atom. The average Bonchev–Trinajstić information content (AvgIpc) is 3.67. The second kappa shape index (κ2) is 18.5. The van der Waals surface area contributed by atoms with E-state index in [-0.39, 0.29) is 54.2 Å². The number of piperazine rings is 1. The first-order valence-electron chi connectivity index (χ1n) is 21.2. The SMILES string of the molecule is COc1ccccc1-c1nccc(COc2ccc3cc2C[C@H](C(=O)O)Oc2ncnc4sc(C5CC(F)(F)C5)c(c24)-c2c(C)c(Cl)c(c(Cl)c2C)O[C@H](CN2CCN(C)CC2)CO3)n1. The number of benzene rings is 3. The Hall–Kier alpha value is -5.39. The number of ether oxygens (including phenoxy) is 5. The Bertz CT molecular complexity index is 2740. The number of carbonyl (C=O) groups is 1. The minimum Gasteiger partial charge on any atom is -0.496 e. The van der Waals surface area contributed by atoms with Crippen molar-refractivity contribution in [2.75, 3.05) is 53.5 Å². The van der Waals surface area contributed by atoms with Crippen molar-refractivity contribution >= 4 is 50.7 Å². The zero-order valence-corrected chi connectivity index (χ0v) is 38.4. The molecule has 10 rings (SSSR count). The van der Waals surface area contributed by atoms with Crippen LogP contribution in [0.4, 0.5) is 8.78 Å². The summed E-state index contributed by atoms with van der Waals surface area (Å²) in [4.78, 5) is 37.1. The Balaban J connectivity index is 1.15. The molecule has 4 aliphatic rings. The van der Waals surface area contributed by atoms with E-state index in [0.717, 1.165) is 26.2 Å². The lowest BCUT2D eigenvalue weighted by Gasteiger charge is -2.35. The fourth-order valence-electron chi connectivity index (χ4n) is 8.66. The van der Waals surface area contributed by atoms with E-state index in [1.807, 2.05) is 38.1 Å². The summed E-state index contributed by atoms with van der Waals surface area (Å²) in [5, 5.41) is 11.7. The third kappa shape index (κ3) is 9.24. The summed E-state index contributed by atoms with van der Waals surface area (Å²) in [5.74, 6) is -2.52. The summed E-state index contributed by atoms with van der Waals surface area (Å²) in [6.07, 6.45) is -0.0646. The van der Waals surface area contributed by atoms with Crippen molar-refractivity contribution < 1.29 is 42.4 Å². The van der Waals surface area contributed by atoms with Crippen LogP contribution in [0.1, 0.15) is 46.0 Å². The third-order valence-corrected chi connectivity index (χ3v) is 14.4. The van der Waals surface area contributed by atoms with Crippen molar-refractivity contribution in [3.63, 3.8) is 0 Å². The van der Waals surface area contributed by atoms with Crippen molar-refractivity contribution in [1.29, 1.82) is 0 Å².